The number of hydrogen-bond donors (Lipinski definition) is 1. The molecule has 2 atom stereocenters. The normalized spacial score (nSPS) is 23.9. The van der Waals surface area contributed by atoms with Gasteiger partial charge >= 0.3 is 0 Å². The molecule has 3 nitrogen and oxygen atoms in total. The number of hydrogen-bond acceptors (Lipinski definition) is 2. The van der Waals surface area contributed by atoms with Crippen molar-refractivity contribution in [2.45, 2.75) is 39.7 Å². The molecule has 1 aliphatic carbocycles. The highest BCUT2D eigenvalue weighted by atomic mass is 15.1. The molecule has 18 heavy (non-hydrogen) atoms. The second kappa shape index (κ2) is 4.30. The first-order valence-electron chi connectivity index (χ1n) is 6.87. The molecule has 96 valence electrons. The fraction of sp³-hybridized carbons (Fsp3) is 0.533. The Kier molecular flexibility index (Phi) is 2.77. The van der Waals surface area contributed by atoms with Crippen LogP contribution in [0.2, 0.25) is 0 Å². The van der Waals surface area contributed by atoms with Gasteiger partial charge in [0, 0.05) is 12.2 Å². The summed E-state index contributed by atoms with van der Waals surface area (Å²) in [7, 11) is 0. The van der Waals surface area contributed by atoms with Crippen molar-refractivity contribution >= 4 is 16.7 Å². The molecule has 0 amide bonds. The van der Waals surface area contributed by atoms with Gasteiger partial charge in [-0.2, -0.15) is 0 Å². The number of benzene rings is 1. The molecule has 3 rings (SSSR count). The molecule has 0 spiro atoms. The molecule has 1 saturated carbocycles. The van der Waals surface area contributed by atoms with Gasteiger partial charge in [0.05, 0.1) is 11.0 Å². The van der Waals surface area contributed by atoms with Crippen molar-refractivity contribution in [3.05, 3.63) is 24.0 Å². The van der Waals surface area contributed by atoms with E-state index in [-0.39, 0.29) is 0 Å². The number of rotatable bonds is 2. The Balaban J connectivity index is 1.98. The smallest absolute Gasteiger partial charge is 0.106 e. The predicted molar refractivity (Wildman–Crippen MR) is 75.4 cm³/mol. The highest BCUT2D eigenvalue weighted by Crippen LogP contribution is 2.33. The lowest BCUT2D eigenvalue weighted by atomic mass is 9.98. The molecular weight excluding hydrogens is 222 g/mol. The Labute approximate surface area is 108 Å². The molecule has 1 aliphatic rings. The molecule has 2 aromatic rings. The first kappa shape index (κ1) is 11.6. The molecule has 0 radical (unpaired) electrons. The minimum absolute atomic E-state index is 0.793. The summed E-state index contributed by atoms with van der Waals surface area (Å²) >= 11 is 0. The van der Waals surface area contributed by atoms with Crippen LogP contribution in [0.3, 0.4) is 0 Å². The quantitative estimate of drug-likeness (QED) is 0.822. The van der Waals surface area contributed by atoms with Gasteiger partial charge in [0.25, 0.3) is 0 Å². The van der Waals surface area contributed by atoms with Crippen LogP contribution in [0.1, 0.15) is 32.0 Å². The van der Waals surface area contributed by atoms with Crippen LogP contribution >= 0.6 is 0 Å². The van der Waals surface area contributed by atoms with Crippen LogP contribution in [0.4, 0.5) is 5.69 Å². The van der Waals surface area contributed by atoms with Crippen LogP contribution in [0.15, 0.2) is 18.2 Å². The molecule has 1 aromatic heterocycles. The van der Waals surface area contributed by atoms with E-state index in [1.165, 1.54) is 24.8 Å². The number of nitrogens with zero attached hydrogens (tertiary/aromatic N) is 2. The first-order chi connectivity index (χ1) is 8.65. The van der Waals surface area contributed by atoms with Crippen molar-refractivity contribution in [2.24, 2.45) is 11.8 Å². The van der Waals surface area contributed by atoms with Gasteiger partial charge in [0.15, 0.2) is 0 Å². The summed E-state index contributed by atoms with van der Waals surface area (Å²) in [6, 6.07) is 6.04. The van der Waals surface area contributed by atoms with E-state index in [9.17, 15) is 0 Å². The van der Waals surface area contributed by atoms with Crippen LogP contribution < -0.4 is 5.73 Å². The zero-order chi connectivity index (χ0) is 12.7. The maximum absolute atomic E-state index is 5.82. The minimum atomic E-state index is 0.793. The Bertz CT molecular complexity index is 570. The Morgan fingerprint density at radius 3 is 2.94 bits per heavy atom. The van der Waals surface area contributed by atoms with E-state index in [2.05, 4.69) is 29.5 Å². The molecule has 3 heteroatoms. The van der Waals surface area contributed by atoms with Crippen LogP contribution in [0.5, 0.6) is 0 Å². The number of anilines is 1. The van der Waals surface area contributed by atoms with E-state index in [0.29, 0.717) is 0 Å². The van der Waals surface area contributed by atoms with Gasteiger partial charge in [-0.05, 0) is 43.4 Å². The fourth-order valence-corrected chi connectivity index (χ4v) is 3.23. The summed E-state index contributed by atoms with van der Waals surface area (Å²) in [5.74, 6) is 2.75. The monoisotopic (exact) mass is 243 g/mol. The molecule has 1 heterocycles. The Hall–Kier alpha value is -1.51. The highest BCUT2D eigenvalue weighted by molar-refractivity contribution is 5.79. The largest absolute Gasteiger partial charge is 0.399 e. The fourth-order valence-electron chi connectivity index (χ4n) is 3.23. The number of nitrogens with two attached hydrogens (primary N) is 1. The van der Waals surface area contributed by atoms with Gasteiger partial charge in [-0.3, -0.25) is 0 Å². The van der Waals surface area contributed by atoms with Gasteiger partial charge < -0.3 is 10.3 Å². The van der Waals surface area contributed by atoms with Crippen LogP contribution in [-0.2, 0) is 6.54 Å². The predicted octanol–water partition coefficient (Wildman–Crippen LogP) is 3.36. The SMILES string of the molecule is Cc1nc2cc(N)ccc2n1CC1CCCC1C. The van der Waals surface area contributed by atoms with Crippen molar-refractivity contribution in [3.8, 4) is 0 Å². The van der Waals surface area contributed by atoms with Gasteiger partial charge in [-0.1, -0.05) is 19.8 Å². The van der Waals surface area contributed by atoms with Crippen LogP contribution in [0.25, 0.3) is 11.0 Å². The summed E-state index contributed by atoms with van der Waals surface area (Å²) in [4.78, 5) is 4.62. The zero-order valence-electron chi connectivity index (χ0n) is 11.2. The van der Waals surface area contributed by atoms with Crippen molar-refractivity contribution in [2.75, 3.05) is 5.73 Å². The second-order valence-corrected chi connectivity index (χ2v) is 5.69. The number of fused-ring (bicyclic) bond motifs is 1. The molecule has 2 N–H and O–H groups in total. The van der Waals surface area contributed by atoms with E-state index in [4.69, 9.17) is 5.73 Å². The number of imidazole rings is 1. The lowest BCUT2D eigenvalue weighted by Gasteiger charge is -2.17. The van der Waals surface area contributed by atoms with Gasteiger partial charge in [0.1, 0.15) is 5.82 Å². The molecule has 0 saturated heterocycles. The summed E-state index contributed by atoms with van der Waals surface area (Å²) in [6.45, 7) is 5.58. The van der Waals surface area contributed by atoms with E-state index in [1.54, 1.807) is 0 Å². The zero-order valence-corrected chi connectivity index (χ0v) is 11.2. The van der Waals surface area contributed by atoms with E-state index in [1.807, 2.05) is 12.1 Å². The Morgan fingerprint density at radius 1 is 1.39 bits per heavy atom. The number of nitrogen functional groups attached to an aromatic ring is 1. The molecule has 1 fully saturated rings. The number of aryl methyl sites for hydroxylation is 1. The molecule has 0 bridgehead atoms. The maximum Gasteiger partial charge on any atom is 0.106 e. The molecule has 0 aliphatic heterocycles. The average molecular weight is 243 g/mol. The second-order valence-electron chi connectivity index (χ2n) is 5.69. The molecule has 2 unspecified atom stereocenters. The molecule has 1 aromatic carbocycles. The van der Waals surface area contributed by atoms with Gasteiger partial charge in [-0.15, -0.1) is 0 Å². The lowest BCUT2D eigenvalue weighted by Crippen LogP contribution is -2.14. The van der Waals surface area contributed by atoms with Gasteiger partial charge in [-0.25, -0.2) is 4.98 Å². The summed E-state index contributed by atoms with van der Waals surface area (Å²) in [5, 5.41) is 0. The third kappa shape index (κ3) is 1.88. The summed E-state index contributed by atoms with van der Waals surface area (Å²) in [6.07, 6.45) is 4.11. The minimum Gasteiger partial charge on any atom is -0.399 e. The van der Waals surface area contributed by atoms with E-state index >= 15 is 0 Å². The summed E-state index contributed by atoms with van der Waals surface area (Å²) in [5.41, 5.74) is 8.86. The van der Waals surface area contributed by atoms with Crippen molar-refractivity contribution < 1.29 is 0 Å². The van der Waals surface area contributed by atoms with E-state index in [0.717, 1.165) is 35.4 Å². The Morgan fingerprint density at radius 2 is 2.22 bits per heavy atom. The first-order valence-corrected chi connectivity index (χ1v) is 6.87. The van der Waals surface area contributed by atoms with Crippen LogP contribution in [-0.4, -0.2) is 9.55 Å². The third-order valence-electron chi connectivity index (χ3n) is 4.42. The van der Waals surface area contributed by atoms with Crippen molar-refractivity contribution in [1.29, 1.82) is 0 Å². The maximum atomic E-state index is 5.82. The summed E-state index contributed by atoms with van der Waals surface area (Å²) < 4.78 is 2.36. The molecular formula is C15H21N3. The topological polar surface area (TPSA) is 43.8 Å². The third-order valence-corrected chi connectivity index (χ3v) is 4.42. The van der Waals surface area contributed by atoms with E-state index < -0.39 is 0 Å². The van der Waals surface area contributed by atoms with Crippen molar-refractivity contribution in [3.63, 3.8) is 0 Å². The lowest BCUT2D eigenvalue weighted by molar-refractivity contribution is 0.365. The van der Waals surface area contributed by atoms with Gasteiger partial charge in [0.2, 0.25) is 0 Å². The standard InChI is InChI=1S/C15H21N3/c1-10-4-3-5-12(10)9-18-11(2)17-14-8-13(16)6-7-15(14)18/h6-8,10,12H,3-5,9,16H2,1-2H3. The average Bonchev–Trinajstić information content (AvgIpc) is 2.85. The highest BCUT2D eigenvalue weighted by Gasteiger charge is 2.24. The number of aromatic nitrogens is 2. The van der Waals surface area contributed by atoms with Crippen molar-refractivity contribution in [1.82, 2.24) is 9.55 Å². The van der Waals surface area contributed by atoms with Crippen LogP contribution in [0, 0.1) is 18.8 Å².